The Balaban J connectivity index is 1.52. The molecule has 2 N–H and O–H groups in total. The van der Waals surface area contributed by atoms with Crippen molar-refractivity contribution >= 4 is 28.1 Å². The van der Waals surface area contributed by atoms with Crippen LogP contribution in [0.5, 0.6) is 0 Å². The van der Waals surface area contributed by atoms with Gasteiger partial charge in [-0.05, 0) is 52.7 Å². The molecule has 0 bridgehead atoms. The van der Waals surface area contributed by atoms with Gasteiger partial charge in [-0.1, -0.05) is 42.5 Å². The Labute approximate surface area is 157 Å². The average Bonchev–Trinajstić information content (AvgIpc) is 2.73. The Morgan fingerprint density at radius 2 is 1.56 bits per heavy atom. The van der Waals surface area contributed by atoms with Crippen LogP contribution in [0, 0.1) is 0 Å². The van der Waals surface area contributed by atoms with E-state index < -0.39 is 0 Å². The number of nitrogens with one attached hydrogen (secondary N) is 2. The quantitative estimate of drug-likeness (QED) is 0.525. The second kappa shape index (κ2) is 7.70. The van der Waals surface area contributed by atoms with Crippen molar-refractivity contribution in [2.24, 2.45) is 0 Å². The molecule has 1 heterocycles. The highest BCUT2D eigenvalue weighted by atomic mass is 16.1. The van der Waals surface area contributed by atoms with Crippen molar-refractivity contribution < 1.29 is 4.79 Å². The lowest BCUT2D eigenvalue weighted by Gasteiger charge is -2.13. The Hall–Kier alpha value is -3.66. The Kier molecular flexibility index (Phi) is 4.79. The van der Waals surface area contributed by atoms with Crippen LogP contribution >= 0.6 is 0 Å². The zero-order valence-corrected chi connectivity index (χ0v) is 14.7. The lowest BCUT2D eigenvalue weighted by molar-refractivity contribution is 0.102. The zero-order chi connectivity index (χ0) is 18.5. The second-order valence-corrected chi connectivity index (χ2v) is 6.27. The van der Waals surface area contributed by atoms with E-state index >= 15 is 0 Å². The van der Waals surface area contributed by atoms with Crippen molar-refractivity contribution in [3.63, 3.8) is 0 Å². The summed E-state index contributed by atoms with van der Waals surface area (Å²) in [6.07, 6.45) is 3.52. The number of hydrogen-bond donors (Lipinski definition) is 2. The minimum absolute atomic E-state index is 0.136. The summed E-state index contributed by atoms with van der Waals surface area (Å²) >= 11 is 0. The van der Waals surface area contributed by atoms with E-state index in [1.807, 2.05) is 72.8 Å². The van der Waals surface area contributed by atoms with Crippen molar-refractivity contribution in [1.29, 1.82) is 0 Å². The number of rotatable bonds is 5. The smallest absolute Gasteiger partial charge is 0.257 e. The molecule has 132 valence electrons. The molecule has 0 saturated heterocycles. The molecule has 3 aromatic carbocycles. The van der Waals surface area contributed by atoms with Crippen molar-refractivity contribution in [2.75, 3.05) is 10.6 Å². The highest BCUT2D eigenvalue weighted by Crippen LogP contribution is 2.21. The lowest BCUT2D eigenvalue weighted by Crippen LogP contribution is -2.14. The topological polar surface area (TPSA) is 54.0 Å². The third-order valence-corrected chi connectivity index (χ3v) is 4.41. The van der Waals surface area contributed by atoms with Gasteiger partial charge in [0.25, 0.3) is 5.91 Å². The van der Waals surface area contributed by atoms with Crippen LogP contribution in [0.25, 0.3) is 10.8 Å². The minimum atomic E-state index is -0.136. The summed E-state index contributed by atoms with van der Waals surface area (Å²) in [4.78, 5) is 16.8. The van der Waals surface area contributed by atoms with Gasteiger partial charge in [-0.15, -0.1) is 0 Å². The van der Waals surface area contributed by atoms with Gasteiger partial charge in [-0.2, -0.15) is 0 Å². The number of amides is 1. The third-order valence-electron chi connectivity index (χ3n) is 4.41. The number of fused-ring (bicyclic) bond motifs is 1. The van der Waals surface area contributed by atoms with Crippen LogP contribution in [-0.2, 0) is 6.54 Å². The maximum atomic E-state index is 12.8. The van der Waals surface area contributed by atoms with E-state index in [4.69, 9.17) is 0 Å². The second-order valence-electron chi connectivity index (χ2n) is 6.27. The van der Waals surface area contributed by atoms with E-state index in [9.17, 15) is 4.79 Å². The summed E-state index contributed by atoms with van der Waals surface area (Å²) in [6, 6.07) is 25.4. The molecule has 0 aliphatic carbocycles. The molecule has 4 nitrogen and oxygen atoms in total. The SMILES string of the molecule is O=C(Nc1ccc2ccccc2c1)c1ccccc1NCc1ccncc1. The summed E-state index contributed by atoms with van der Waals surface area (Å²) in [5.41, 5.74) is 3.30. The van der Waals surface area contributed by atoms with E-state index in [2.05, 4.69) is 21.7 Å². The molecule has 0 atom stereocenters. The summed E-state index contributed by atoms with van der Waals surface area (Å²) in [6.45, 7) is 0.628. The fraction of sp³-hybridized carbons (Fsp3) is 0.0435. The summed E-state index contributed by atoms with van der Waals surface area (Å²) in [5.74, 6) is -0.136. The molecule has 1 aromatic heterocycles. The number of carbonyl (C=O) groups is 1. The number of benzene rings is 3. The van der Waals surface area contributed by atoms with Crippen LogP contribution < -0.4 is 10.6 Å². The van der Waals surface area contributed by atoms with Gasteiger partial charge in [0, 0.05) is 30.3 Å². The van der Waals surface area contributed by atoms with Crippen molar-refractivity contribution in [1.82, 2.24) is 4.98 Å². The molecule has 4 heteroatoms. The fourth-order valence-corrected chi connectivity index (χ4v) is 3.00. The Morgan fingerprint density at radius 1 is 0.815 bits per heavy atom. The monoisotopic (exact) mass is 353 g/mol. The number of nitrogens with zero attached hydrogens (tertiary/aromatic N) is 1. The first kappa shape index (κ1) is 16.8. The van der Waals surface area contributed by atoms with Crippen LogP contribution in [0.4, 0.5) is 11.4 Å². The number of pyridine rings is 1. The number of aromatic nitrogens is 1. The number of para-hydroxylation sites is 1. The Morgan fingerprint density at radius 3 is 2.41 bits per heavy atom. The van der Waals surface area contributed by atoms with Crippen molar-refractivity contribution in [3.05, 3.63) is 102 Å². The predicted molar refractivity (Wildman–Crippen MR) is 110 cm³/mol. The number of anilines is 2. The summed E-state index contributed by atoms with van der Waals surface area (Å²) < 4.78 is 0. The van der Waals surface area contributed by atoms with Crippen molar-refractivity contribution in [2.45, 2.75) is 6.54 Å². The molecule has 1 amide bonds. The molecule has 27 heavy (non-hydrogen) atoms. The molecular formula is C23H19N3O. The van der Waals surface area contributed by atoms with E-state index in [0.717, 1.165) is 27.7 Å². The van der Waals surface area contributed by atoms with E-state index in [1.54, 1.807) is 12.4 Å². The first-order valence-corrected chi connectivity index (χ1v) is 8.81. The standard InChI is InChI=1S/C23H19N3O/c27-23(26-20-10-9-18-5-1-2-6-19(18)15-20)21-7-3-4-8-22(21)25-16-17-11-13-24-14-12-17/h1-15,25H,16H2,(H,26,27). The molecule has 0 radical (unpaired) electrons. The van der Waals surface area contributed by atoms with E-state index in [0.29, 0.717) is 12.1 Å². The predicted octanol–water partition coefficient (Wildman–Crippen LogP) is 5.10. The van der Waals surface area contributed by atoms with Gasteiger partial charge in [-0.25, -0.2) is 0 Å². The largest absolute Gasteiger partial charge is 0.380 e. The molecule has 0 unspecified atom stereocenters. The summed E-state index contributed by atoms with van der Waals surface area (Å²) in [5, 5.41) is 8.58. The Bertz CT molecular complexity index is 1080. The van der Waals surface area contributed by atoms with Gasteiger partial charge in [0.1, 0.15) is 0 Å². The van der Waals surface area contributed by atoms with Crippen molar-refractivity contribution in [3.8, 4) is 0 Å². The number of hydrogen-bond acceptors (Lipinski definition) is 3. The third kappa shape index (κ3) is 3.96. The van der Waals surface area contributed by atoms with Crippen LogP contribution in [0.1, 0.15) is 15.9 Å². The molecule has 4 aromatic rings. The normalized spacial score (nSPS) is 10.5. The zero-order valence-electron chi connectivity index (χ0n) is 14.7. The molecule has 0 aliphatic heterocycles. The maximum Gasteiger partial charge on any atom is 0.257 e. The molecule has 0 fully saturated rings. The fourth-order valence-electron chi connectivity index (χ4n) is 3.00. The highest BCUT2D eigenvalue weighted by Gasteiger charge is 2.11. The molecule has 0 saturated carbocycles. The maximum absolute atomic E-state index is 12.8. The highest BCUT2D eigenvalue weighted by molar-refractivity contribution is 6.08. The molecular weight excluding hydrogens is 334 g/mol. The van der Waals surface area contributed by atoms with Crippen LogP contribution in [0.3, 0.4) is 0 Å². The molecule has 0 aliphatic rings. The first-order valence-electron chi connectivity index (χ1n) is 8.81. The van der Waals surface area contributed by atoms with Crippen LogP contribution in [0.2, 0.25) is 0 Å². The van der Waals surface area contributed by atoms with E-state index in [1.165, 1.54) is 0 Å². The minimum Gasteiger partial charge on any atom is -0.380 e. The van der Waals surface area contributed by atoms with Crippen LogP contribution in [-0.4, -0.2) is 10.9 Å². The van der Waals surface area contributed by atoms with E-state index in [-0.39, 0.29) is 5.91 Å². The van der Waals surface area contributed by atoms with Gasteiger partial charge in [0.05, 0.1) is 5.56 Å². The van der Waals surface area contributed by atoms with Gasteiger partial charge in [-0.3, -0.25) is 9.78 Å². The lowest BCUT2D eigenvalue weighted by atomic mass is 10.1. The van der Waals surface area contributed by atoms with Gasteiger partial charge in [0.15, 0.2) is 0 Å². The summed E-state index contributed by atoms with van der Waals surface area (Å²) in [7, 11) is 0. The van der Waals surface area contributed by atoms with Crippen LogP contribution in [0.15, 0.2) is 91.3 Å². The molecule has 0 spiro atoms. The molecule has 4 rings (SSSR count). The van der Waals surface area contributed by atoms with Gasteiger partial charge in [0.2, 0.25) is 0 Å². The average molecular weight is 353 g/mol. The number of carbonyl (C=O) groups excluding carboxylic acids is 1. The first-order chi connectivity index (χ1) is 13.3. The van der Waals surface area contributed by atoms with Gasteiger partial charge < -0.3 is 10.6 Å². The van der Waals surface area contributed by atoms with Gasteiger partial charge >= 0.3 is 0 Å².